The molecule has 18 heteroatoms. The molecule has 1 atom stereocenters. The lowest BCUT2D eigenvalue weighted by Crippen LogP contribution is -2.92. The molecule has 0 spiro atoms. The fourth-order valence-corrected chi connectivity index (χ4v) is 8.14. The smallest absolute Gasteiger partial charge is 0.255 e. The van der Waals surface area contributed by atoms with Gasteiger partial charge in [-0.1, -0.05) is 30.3 Å². The van der Waals surface area contributed by atoms with Crippen LogP contribution in [0.4, 0.5) is 10.1 Å². The third-order valence-corrected chi connectivity index (χ3v) is 12.1. The second-order valence-corrected chi connectivity index (χ2v) is 15.7. The van der Waals surface area contributed by atoms with Crippen LogP contribution >= 0.6 is 0 Å². The number of carbonyl (C=O) groups is 3. The number of benzene rings is 3. The van der Waals surface area contributed by atoms with Crippen molar-refractivity contribution in [3.05, 3.63) is 94.3 Å². The first kappa shape index (κ1) is 35.6. The summed E-state index contributed by atoms with van der Waals surface area (Å²) in [6, 6.07) is 19.8. The van der Waals surface area contributed by atoms with E-state index >= 15 is 4.39 Å². The van der Waals surface area contributed by atoms with Gasteiger partial charge in [-0.2, -0.15) is 5.26 Å². The maximum Gasteiger partial charge on any atom is 0.255 e. The zero-order valence-electron chi connectivity index (χ0n) is 30.2. The predicted molar refractivity (Wildman–Crippen MR) is 212 cm³/mol. The first-order valence-corrected chi connectivity index (χ1v) is 17.2. The van der Waals surface area contributed by atoms with Gasteiger partial charge in [0.15, 0.2) is 0 Å². The number of nitrogens with one attached hydrogen (secondary N) is 1. The van der Waals surface area contributed by atoms with E-state index in [0.29, 0.717) is 42.1 Å². The van der Waals surface area contributed by atoms with Crippen molar-refractivity contribution in [3.8, 4) is 11.8 Å². The second kappa shape index (κ2) is 12.5. The van der Waals surface area contributed by atoms with Crippen molar-refractivity contribution in [2.24, 2.45) is 0 Å². The third-order valence-electron chi connectivity index (χ3n) is 12.1. The van der Waals surface area contributed by atoms with Gasteiger partial charge in [0.05, 0.1) is 23.9 Å². The molecule has 2 fully saturated rings. The van der Waals surface area contributed by atoms with Crippen LogP contribution in [0.15, 0.2) is 60.7 Å². The number of hydrogen-bond acceptors (Lipinski definition) is 7. The molecule has 3 aliphatic rings. The number of carbonyl (C=O) groups excluding carboxylic acids is 3. The number of hydrogen-bond donors (Lipinski definition) is 1. The largest absolute Gasteiger partial charge is 0.489 e. The van der Waals surface area contributed by atoms with Crippen molar-refractivity contribution < 1.29 is 23.5 Å². The average molecular weight is 662 g/mol. The molecular weight excluding hydrogens is 624 g/mol. The molecule has 2 saturated heterocycles. The van der Waals surface area contributed by atoms with Gasteiger partial charge >= 0.3 is 0 Å². The fourth-order valence-electron chi connectivity index (χ4n) is 8.14. The SMILES string of the molecule is BC1(B)N(Cc2ccc(COc3cccc4c3CN(C3CCC(=O)NC3=O)C4=O)cc2)C(B)(B)C(B)(B)N(c2ccc(C#N)cc2F)C1(B)B. The molecule has 0 aliphatic carbocycles. The average Bonchev–Trinajstić information content (AvgIpc) is 3.39. The van der Waals surface area contributed by atoms with E-state index in [9.17, 15) is 19.6 Å². The second-order valence-electron chi connectivity index (χ2n) is 15.7. The number of piperidine rings is 1. The Bertz CT molecular complexity index is 1910. The fraction of sp³-hybridized carbons (Fsp3) is 0.312. The summed E-state index contributed by atoms with van der Waals surface area (Å²) in [4.78, 5) is 43.6. The van der Waals surface area contributed by atoms with Crippen LogP contribution in [0.5, 0.6) is 5.75 Å². The van der Waals surface area contributed by atoms with Crippen LogP contribution in [0, 0.1) is 17.1 Å². The van der Waals surface area contributed by atoms with Crippen molar-refractivity contribution >= 4 is 86.2 Å². The third kappa shape index (κ3) is 5.68. The summed E-state index contributed by atoms with van der Waals surface area (Å²) in [5.41, 5.74) is 4.14. The van der Waals surface area contributed by atoms with E-state index in [1.54, 1.807) is 24.3 Å². The normalized spacial score (nSPS) is 22.0. The Kier molecular flexibility index (Phi) is 8.91. The minimum atomic E-state index is -0.681. The monoisotopic (exact) mass is 663 g/mol. The van der Waals surface area contributed by atoms with E-state index in [1.807, 2.05) is 12.1 Å². The minimum Gasteiger partial charge on any atom is -0.489 e. The van der Waals surface area contributed by atoms with Crippen LogP contribution in [0.2, 0.25) is 0 Å². The molecule has 0 radical (unpaired) electrons. The van der Waals surface area contributed by atoms with E-state index in [-0.39, 0.29) is 24.8 Å². The van der Waals surface area contributed by atoms with Gasteiger partial charge in [-0.15, -0.1) is 0 Å². The lowest BCUT2D eigenvalue weighted by molar-refractivity contribution is -0.136. The Balaban J connectivity index is 1.18. The number of rotatable bonds is 7. The van der Waals surface area contributed by atoms with Gasteiger partial charge in [-0.25, -0.2) is 4.39 Å². The van der Waals surface area contributed by atoms with Crippen LogP contribution in [-0.2, 0) is 29.3 Å². The van der Waals surface area contributed by atoms with Crippen molar-refractivity contribution in [1.82, 2.24) is 15.1 Å². The van der Waals surface area contributed by atoms with Crippen molar-refractivity contribution in [3.63, 3.8) is 0 Å². The van der Waals surface area contributed by atoms with Gasteiger partial charge in [0.25, 0.3) is 5.91 Å². The molecule has 1 N–H and O–H groups in total. The highest BCUT2D eigenvalue weighted by Crippen LogP contribution is 2.46. The maximum atomic E-state index is 15.6. The molecule has 3 aromatic carbocycles. The van der Waals surface area contributed by atoms with Crippen LogP contribution in [-0.4, -0.2) is 118 Å². The number of halogens is 1. The van der Waals surface area contributed by atoms with Gasteiger partial charge < -0.3 is 19.4 Å². The number of nitrogens with zero attached hydrogens (tertiary/aromatic N) is 4. The summed E-state index contributed by atoms with van der Waals surface area (Å²) in [7, 11) is 17.5. The number of fused-ring (bicyclic) bond motifs is 1. The first-order chi connectivity index (χ1) is 23.4. The molecule has 3 heterocycles. The Morgan fingerprint density at radius 3 is 2.12 bits per heavy atom. The molecule has 6 rings (SSSR count). The maximum absolute atomic E-state index is 15.6. The summed E-state index contributed by atoms with van der Waals surface area (Å²) >= 11 is 0. The standard InChI is InChI=1S/C32H38B8FN5O4/c33-29(34)31(37,38)46(23-9-8-19(13-42)12-22(23)41)32(39,40)30(35,36)45(29)14-17-4-6-18(7-5-17)16-50-25-3-1-2-20-21(25)15-44(28(20)49)24-10-11-26(47)43-27(24)48/h1-9,12,24H,10-11,14-16,33-40H2,(H,43,47,48). The van der Waals surface area contributed by atoms with Crippen molar-refractivity contribution in [1.29, 1.82) is 5.26 Å². The van der Waals surface area contributed by atoms with Gasteiger partial charge in [0, 0.05) is 24.1 Å². The molecule has 9 nitrogen and oxygen atoms in total. The van der Waals surface area contributed by atoms with Crippen LogP contribution in [0.1, 0.15) is 45.5 Å². The van der Waals surface area contributed by atoms with E-state index in [2.05, 4.69) is 102 Å². The molecule has 0 saturated carbocycles. The Hall–Kier alpha value is -4.23. The van der Waals surface area contributed by atoms with E-state index in [1.165, 1.54) is 11.0 Å². The summed E-state index contributed by atoms with van der Waals surface area (Å²) < 4.78 is 21.9. The van der Waals surface area contributed by atoms with Crippen molar-refractivity contribution in [2.75, 3.05) is 4.90 Å². The summed E-state index contributed by atoms with van der Waals surface area (Å²) in [5.74, 6) is -0.791. The predicted octanol–water partition coefficient (Wildman–Crippen LogP) is -4.96. The van der Waals surface area contributed by atoms with Crippen molar-refractivity contribution in [2.45, 2.75) is 59.9 Å². The quantitative estimate of drug-likeness (QED) is 0.200. The summed E-state index contributed by atoms with van der Waals surface area (Å²) in [6.45, 7) is 1.22. The van der Waals surface area contributed by atoms with Gasteiger partial charge in [0.1, 0.15) is 87.0 Å². The Morgan fingerprint density at radius 1 is 0.880 bits per heavy atom. The molecule has 0 bridgehead atoms. The minimum absolute atomic E-state index is 0.204. The van der Waals surface area contributed by atoms with E-state index in [0.717, 1.165) is 16.7 Å². The van der Waals surface area contributed by atoms with Crippen LogP contribution in [0.3, 0.4) is 0 Å². The van der Waals surface area contributed by atoms with Gasteiger partial charge in [-0.05, 0) is 69.2 Å². The number of imide groups is 1. The Labute approximate surface area is 300 Å². The highest BCUT2D eigenvalue weighted by Gasteiger charge is 2.61. The molecule has 246 valence electrons. The zero-order chi connectivity index (χ0) is 36.4. The first-order valence-electron chi connectivity index (χ1n) is 17.2. The summed E-state index contributed by atoms with van der Waals surface area (Å²) in [6.07, 6.45) is 0.511. The number of piperazine rings is 1. The number of anilines is 1. The number of ether oxygens (including phenoxy) is 1. The van der Waals surface area contributed by atoms with Gasteiger partial charge in [-0.3, -0.25) is 19.7 Å². The van der Waals surface area contributed by atoms with Gasteiger partial charge in [0.2, 0.25) is 11.8 Å². The van der Waals surface area contributed by atoms with Crippen LogP contribution in [0.25, 0.3) is 0 Å². The highest BCUT2D eigenvalue weighted by atomic mass is 19.1. The number of amides is 3. The Morgan fingerprint density at radius 2 is 1.52 bits per heavy atom. The molecule has 1 unspecified atom stereocenters. The van der Waals surface area contributed by atoms with E-state index in [4.69, 9.17) is 4.74 Å². The lowest BCUT2D eigenvalue weighted by atomic mass is 9.26. The molecule has 50 heavy (non-hydrogen) atoms. The lowest BCUT2D eigenvalue weighted by Gasteiger charge is -2.75. The molecule has 3 aromatic rings. The number of nitriles is 1. The zero-order valence-corrected chi connectivity index (χ0v) is 30.2. The topological polar surface area (TPSA) is 106 Å². The molecular formula is C32H38B8FN5O4. The molecule has 0 aromatic heterocycles. The summed E-state index contributed by atoms with van der Waals surface area (Å²) in [5, 5.41) is 9.82. The molecule has 3 aliphatic heterocycles. The molecule has 3 amide bonds. The highest BCUT2D eigenvalue weighted by molar-refractivity contribution is 6.62. The van der Waals surface area contributed by atoms with E-state index < -0.39 is 39.1 Å². The van der Waals surface area contributed by atoms with Crippen LogP contribution < -0.4 is 15.0 Å².